The van der Waals surface area contributed by atoms with Crippen molar-refractivity contribution in [1.82, 2.24) is 10.2 Å². The molecule has 0 aliphatic heterocycles. The van der Waals surface area contributed by atoms with E-state index in [9.17, 15) is 4.79 Å². The number of nitrogens with zero attached hydrogens (tertiary/aromatic N) is 1. The number of ether oxygens (including phenoxy) is 1. The third kappa shape index (κ3) is 3.00. The fourth-order valence-corrected chi connectivity index (χ4v) is 1.34. The number of amides is 1. The van der Waals surface area contributed by atoms with E-state index in [0.717, 1.165) is 0 Å². The summed E-state index contributed by atoms with van der Waals surface area (Å²) in [4.78, 5) is 11.7. The zero-order valence-corrected chi connectivity index (χ0v) is 9.75. The summed E-state index contributed by atoms with van der Waals surface area (Å²) in [6, 6.07) is 7.82. The summed E-state index contributed by atoms with van der Waals surface area (Å²) in [5.74, 6) is 0.894. The molecule has 6 heteroatoms. The number of carbonyl (C=O) groups excluding carboxylic acids is 1. The number of anilines is 1. The summed E-state index contributed by atoms with van der Waals surface area (Å²) in [6.45, 7) is 1.64. The van der Waals surface area contributed by atoms with Gasteiger partial charge in [-0.2, -0.15) is 5.10 Å². The lowest BCUT2D eigenvalue weighted by Crippen LogP contribution is -2.30. The summed E-state index contributed by atoms with van der Waals surface area (Å²) in [5.41, 5.74) is 0. The Labute approximate surface area is 104 Å². The molecular formula is C12H13N3O3. The van der Waals surface area contributed by atoms with Gasteiger partial charge in [0.05, 0.1) is 6.20 Å². The van der Waals surface area contributed by atoms with Gasteiger partial charge in [0, 0.05) is 6.07 Å². The van der Waals surface area contributed by atoms with Crippen molar-refractivity contribution in [2.75, 3.05) is 5.32 Å². The predicted octanol–water partition coefficient (Wildman–Crippen LogP) is 1.52. The average molecular weight is 247 g/mol. The van der Waals surface area contributed by atoms with Crippen LogP contribution in [-0.4, -0.2) is 27.3 Å². The number of carbonyl (C=O) groups is 1. The number of aromatic amines is 1. The van der Waals surface area contributed by atoms with Gasteiger partial charge in [-0.1, -0.05) is 0 Å². The lowest BCUT2D eigenvalue weighted by molar-refractivity contribution is -0.122. The van der Waals surface area contributed by atoms with E-state index in [1.54, 1.807) is 31.3 Å². The molecule has 1 heterocycles. The maximum absolute atomic E-state index is 11.7. The number of rotatable bonds is 4. The standard InChI is InChI=1S/C12H13N3O3/c1-8(12(17)14-11-6-7-13-15-11)18-10-4-2-9(16)3-5-10/h2-8,16H,1H3,(H2,13,14,15,17). The lowest BCUT2D eigenvalue weighted by atomic mass is 10.3. The van der Waals surface area contributed by atoms with E-state index >= 15 is 0 Å². The van der Waals surface area contributed by atoms with Gasteiger partial charge in [0.15, 0.2) is 6.10 Å². The van der Waals surface area contributed by atoms with Gasteiger partial charge in [-0.25, -0.2) is 0 Å². The molecule has 18 heavy (non-hydrogen) atoms. The monoisotopic (exact) mass is 247 g/mol. The van der Waals surface area contributed by atoms with Crippen LogP contribution in [0.25, 0.3) is 0 Å². The molecule has 0 aliphatic carbocycles. The van der Waals surface area contributed by atoms with Crippen LogP contribution < -0.4 is 10.1 Å². The number of aromatic hydroxyl groups is 1. The van der Waals surface area contributed by atoms with E-state index in [2.05, 4.69) is 15.5 Å². The van der Waals surface area contributed by atoms with Gasteiger partial charge in [0.25, 0.3) is 5.91 Å². The zero-order chi connectivity index (χ0) is 13.0. The SMILES string of the molecule is CC(Oc1ccc(O)cc1)C(=O)Nc1ccn[nH]1. The maximum Gasteiger partial charge on any atom is 0.266 e. The first kappa shape index (κ1) is 12.0. The Kier molecular flexibility index (Phi) is 3.47. The molecule has 0 saturated heterocycles. The molecule has 0 spiro atoms. The molecular weight excluding hydrogens is 234 g/mol. The van der Waals surface area contributed by atoms with E-state index in [4.69, 9.17) is 9.84 Å². The zero-order valence-electron chi connectivity index (χ0n) is 9.75. The molecule has 0 saturated carbocycles. The van der Waals surface area contributed by atoms with Gasteiger partial charge in [0.1, 0.15) is 17.3 Å². The molecule has 94 valence electrons. The lowest BCUT2D eigenvalue weighted by Gasteiger charge is -2.13. The molecule has 0 fully saturated rings. The summed E-state index contributed by atoms with van der Waals surface area (Å²) < 4.78 is 5.42. The van der Waals surface area contributed by atoms with Crippen LogP contribution in [0.1, 0.15) is 6.92 Å². The normalized spacial score (nSPS) is 11.8. The van der Waals surface area contributed by atoms with Crippen LogP contribution in [0.5, 0.6) is 11.5 Å². The predicted molar refractivity (Wildman–Crippen MR) is 65.4 cm³/mol. The van der Waals surface area contributed by atoms with Gasteiger partial charge in [-0.05, 0) is 31.2 Å². The number of phenols is 1. The van der Waals surface area contributed by atoms with Crippen molar-refractivity contribution >= 4 is 11.7 Å². The number of hydrogen-bond acceptors (Lipinski definition) is 4. The molecule has 0 bridgehead atoms. The fraction of sp³-hybridized carbons (Fsp3) is 0.167. The summed E-state index contributed by atoms with van der Waals surface area (Å²) in [7, 11) is 0. The Balaban J connectivity index is 1.93. The molecule has 0 aliphatic rings. The third-order valence-corrected chi connectivity index (χ3v) is 2.28. The summed E-state index contributed by atoms with van der Waals surface area (Å²) in [5, 5.41) is 18.1. The molecule has 1 aromatic carbocycles. The smallest absolute Gasteiger partial charge is 0.266 e. The van der Waals surface area contributed by atoms with E-state index in [-0.39, 0.29) is 11.7 Å². The second kappa shape index (κ2) is 5.22. The second-order valence-electron chi connectivity index (χ2n) is 3.71. The van der Waals surface area contributed by atoms with E-state index in [1.165, 1.54) is 12.1 Å². The van der Waals surface area contributed by atoms with Gasteiger partial charge in [-0.15, -0.1) is 0 Å². The van der Waals surface area contributed by atoms with Crippen molar-refractivity contribution in [3.05, 3.63) is 36.5 Å². The Hall–Kier alpha value is -2.50. The third-order valence-electron chi connectivity index (χ3n) is 2.28. The molecule has 1 atom stereocenters. The largest absolute Gasteiger partial charge is 0.508 e. The van der Waals surface area contributed by atoms with E-state index in [0.29, 0.717) is 11.6 Å². The van der Waals surface area contributed by atoms with Crippen molar-refractivity contribution in [3.8, 4) is 11.5 Å². The first-order chi connectivity index (χ1) is 8.65. The summed E-state index contributed by atoms with van der Waals surface area (Å²) in [6.07, 6.45) is 0.888. The maximum atomic E-state index is 11.7. The molecule has 0 radical (unpaired) electrons. The van der Waals surface area contributed by atoms with Crippen LogP contribution in [0.4, 0.5) is 5.82 Å². The van der Waals surface area contributed by atoms with Gasteiger partial charge in [-0.3, -0.25) is 9.89 Å². The van der Waals surface area contributed by atoms with Crippen LogP contribution >= 0.6 is 0 Å². The highest BCUT2D eigenvalue weighted by Gasteiger charge is 2.15. The Morgan fingerprint density at radius 2 is 2.11 bits per heavy atom. The van der Waals surface area contributed by atoms with Crippen LogP contribution in [0, 0.1) is 0 Å². The van der Waals surface area contributed by atoms with Gasteiger partial charge in [0.2, 0.25) is 0 Å². The minimum atomic E-state index is -0.655. The van der Waals surface area contributed by atoms with Crippen LogP contribution in [0.3, 0.4) is 0 Å². The highest BCUT2D eigenvalue weighted by atomic mass is 16.5. The van der Waals surface area contributed by atoms with Crippen LogP contribution in [-0.2, 0) is 4.79 Å². The Bertz CT molecular complexity index is 508. The fourth-order valence-electron chi connectivity index (χ4n) is 1.34. The van der Waals surface area contributed by atoms with Crippen LogP contribution in [0.15, 0.2) is 36.5 Å². The van der Waals surface area contributed by atoms with Crippen molar-refractivity contribution < 1.29 is 14.6 Å². The summed E-state index contributed by atoms with van der Waals surface area (Å²) >= 11 is 0. The molecule has 3 N–H and O–H groups in total. The van der Waals surface area contributed by atoms with Crippen molar-refractivity contribution in [1.29, 1.82) is 0 Å². The first-order valence-electron chi connectivity index (χ1n) is 5.41. The number of hydrogen-bond donors (Lipinski definition) is 3. The molecule has 2 aromatic rings. The average Bonchev–Trinajstić information content (AvgIpc) is 2.85. The number of aromatic nitrogens is 2. The number of nitrogens with one attached hydrogen (secondary N) is 2. The van der Waals surface area contributed by atoms with Gasteiger partial charge < -0.3 is 15.2 Å². The Morgan fingerprint density at radius 1 is 1.39 bits per heavy atom. The quantitative estimate of drug-likeness (QED) is 0.764. The number of H-pyrrole nitrogens is 1. The minimum absolute atomic E-state index is 0.150. The van der Waals surface area contributed by atoms with Crippen molar-refractivity contribution in [3.63, 3.8) is 0 Å². The van der Waals surface area contributed by atoms with Crippen LogP contribution in [0.2, 0.25) is 0 Å². The minimum Gasteiger partial charge on any atom is -0.508 e. The second-order valence-corrected chi connectivity index (χ2v) is 3.71. The highest BCUT2D eigenvalue weighted by Crippen LogP contribution is 2.17. The van der Waals surface area contributed by atoms with E-state index < -0.39 is 6.10 Å². The first-order valence-corrected chi connectivity index (χ1v) is 5.41. The Morgan fingerprint density at radius 3 is 2.72 bits per heavy atom. The molecule has 1 aromatic heterocycles. The van der Waals surface area contributed by atoms with Crippen molar-refractivity contribution in [2.45, 2.75) is 13.0 Å². The highest BCUT2D eigenvalue weighted by molar-refractivity contribution is 5.93. The van der Waals surface area contributed by atoms with E-state index in [1.807, 2.05) is 0 Å². The number of phenolic OH excluding ortho intramolecular Hbond substituents is 1. The molecule has 1 amide bonds. The molecule has 1 unspecified atom stereocenters. The topological polar surface area (TPSA) is 87.2 Å². The van der Waals surface area contributed by atoms with Gasteiger partial charge >= 0.3 is 0 Å². The molecule has 6 nitrogen and oxygen atoms in total. The molecule has 2 rings (SSSR count). The van der Waals surface area contributed by atoms with Crippen molar-refractivity contribution in [2.24, 2.45) is 0 Å². The number of benzene rings is 1.